The molecule has 0 radical (unpaired) electrons. The van der Waals surface area contributed by atoms with Crippen LogP contribution in [0.2, 0.25) is 0 Å². The molecule has 3 heterocycles. The number of nitrogens with one attached hydrogen (secondary N) is 1. The molecule has 0 spiro atoms. The first kappa shape index (κ1) is 25.7. The van der Waals surface area contributed by atoms with Gasteiger partial charge in [-0.1, -0.05) is 53.2 Å². The normalized spacial score (nSPS) is 12.4. The number of nitrogens with zero attached hydrogens (tertiary/aromatic N) is 7. The van der Waals surface area contributed by atoms with E-state index in [1.165, 1.54) is 0 Å². The Bertz CT molecular complexity index is 1260. The van der Waals surface area contributed by atoms with Crippen molar-refractivity contribution >= 4 is 0 Å². The second-order valence-corrected chi connectivity index (χ2v) is 10.2. The number of H-pyrrole nitrogens is 1. The lowest BCUT2D eigenvalue weighted by atomic mass is 9.87. The SMILES string of the molecule is CCCCc1nc(C(F)(F)CCC)nn1Cc1ccc(-n2ccc(C(C)(C)C)c2-c2nn[nH]n2)cc1. The maximum absolute atomic E-state index is 14.5. The molecule has 1 aromatic carbocycles. The molecule has 0 bridgehead atoms. The topological polar surface area (TPSA) is 90.1 Å². The van der Waals surface area contributed by atoms with Crippen LogP contribution in [0.15, 0.2) is 36.5 Å². The van der Waals surface area contributed by atoms with E-state index in [9.17, 15) is 8.78 Å². The molecule has 0 unspecified atom stereocenters. The summed E-state index contributed by atoms with van der Waals surface area (Å²) in [5.41, 5.74) is 3.77. The van der Waals surface area contributed by atoms with Gasteiger partial charge in [-0.2, -0.15) is 14.0 Å². The minimum atomic E-state index is -3.02. The van der Waals surface area contributed by atoms with E-state index in [0.29, 0.717) is 31.0 Å². The molecule has 0 fully saturated rings. The summed E-state index contributed by atoms with van der Waals surface area (Å²) in [7, 11) is 0. The molecule has 3 aromatic heterocycles. The van der Waals surface area contributed by atoms with Crippen LogP contribution < -0.4 is 0 Å². The molecule has 36 heavy (non-hydrogen) atoms. The fraction of sp³-hybridized carbons (Fsp3) is 0.500. The van der Waals surface area contributed by atoms with Crippen molar-refractivity contribution < 1.29 is 8.78 Å². The van der Waals surface area contributed by atoms with Crippen molar-refractivity contribution in [3.63, 3.8) is 0 Å². The molecule has 0 aliphatic heterocycles. The summed E-state index contributed by atoms with van der Waals surface area (Å²) in [6.07, 6.45) is 4.57. The average molecular weight is 497 g/mol. The smallest absolute Gasteiger partial charge is 0.308 e. The number of aromatic amines is 1. The average Bonchev–Trinajstić information content (AvgIpc) is 3.57. The lowest BCUT2D eigenvalue weighted by Crippen LogP contribution is -2.16. The highest BCUT2D eigenvalue weighted by Crippen LogP contribution is 2.34. The van der Waals surface area contributed by atoms with Gasteiger partial charge in [-0.05, 0) is 52.8 Å². The first-order valence-corrected chi connectivity index (χ1v) is 12.5. The molecular weight excluding hydrogens is 462 g/mol. The number of aryl methyl sites for hydroxylation is 1. The summed E-state index contributed by atoms with van der Waals surface area (Å²) in [4.78, 5) is 4.24. The third-order valence-corrected chi connectivity index (χ3v) is 6.19. The van der Waals surface area contributed by atoms with Gasteiger partial charge in [0.05, 0.1) is 12.2 Å². The molecule has 0 aliphatic carbocycles. The molecule has 0 atom stereocenters. The first-order chi connectivity index (χ1) is 17.1. The summed E-state index contributed by atoms with van der Waals surface area (Å²) in [6, 6.07) is 10.1. The lowest BCUT2D eigenvalue weighted by molar-refractivity contribution is -0.0232. The number of halogens is 2. The molecule has 0 saturated carbocycles. The highest BCUT2D eigenvalue weighted by atomic mass is 19.3. The van der Waals surface area contributed by atoms with Gasteiger partial charge in [0, 0.05) is 24.7 Å². The number of hydrogen-bond acceptors (Lipinski definition) is 5. The third kappa shape index (κ3) is 5.37. The Hall–Kier alpha value is -3.43. The number of benzene rings is 1. The molecule has 0 saturated heterocycles. The molecule has 0 amide bonds. The highest BCUT2D eigenvalue weighted by Gasteiger charge is 2.36. The number of aromatic nitrogens is 8. The summed E-state index contributed by atoms with van der Waals surface area (Å²) >= 11 is 0. The Morgan fingerprint density at radius 2 is 1.75 bits per heavy atom. The zero-order valence-corrected chi connectivity index (χ0v) is 21.6. The number of unbranched alkanes of at least 4 members (excludes halogenated alkanes) is 1. The Labute approximate surface area is 210 Å². The van der Waals surface area contributed by atoms with E-state index in [4.69, 9.17) is 0 Å². The third-order valence-electron chi connectivity index (χ3n) is 6.19. The van der Waals surface area contributed by atoms with Crippen molar-refractivity contribution in [1.82, 2.24) is 40.0 Å². The molecule has 10 heteroatoms. The van der Waals surface area contributed by atoms with Crippen LogP contribution >= 0.6 is 0 Å². The maximum atomic E-state index is 14.5. The molecule has 8 nitrogen and oxygen atoms in total. The Balaban J connectivity index is 1.64. The van der Waals surface area contributed by atoms with Crippen LogP contribution in [-0.4, -0.2) is 40.0 Å². The minimum absolute atomic E-state index is 0.110. The molecule has 192 valence electrons. The lowest BCUT2D eigenvalue weighted by Gasteiger charge is -2.19. The first-order valence-electron chi connectivity index (χ1n) is 12.5. The number of tetrazole rings is 1. The van der Waals surface area contributed by atoms with E-state index in [1.54, 1.807) is 11.6 Å². The monoisotopic (exact) mass is 496 g/mol. The van der Waals surface area contributed by atoms with E-state index in [-0.39, 0.29) is 17.7 Å². The number of alkyl halides is 2. The second kappa shape index (κ2) is 10.3. The molecule has 4 rings (SSSR count). The molecule has 4 aromatic rings. The molecule has 0 aliphatic rings. The Kier molecular flexibility index (Phi) is 7.33. The van der Waals surface area contributed by atoms with E-state index in [1.807, 2.05) is 35.0 Å². The summed E-state index contributed by atoms with van der Waals surface area (Å²) in [5.74, 6) is -2.27. The molecular formula is C26H34F2N8. The van der Waals surface area contributed by atoms with Crippen LogP contribution in [0.4, 0.5) is 8.78 Å². The minimum Gasteiger partial charge on any atom is -0.313 e. The van der Waals surface area contributed by atoms with Gasteiger partial charge in [0.2, 0.25) is 11.6 Å². The van der Waals surface area contributed by atoms with Crippen LogP contribution in [-0.2, 0) is 24.3 Å². The van der Waals surface area contributed by atoms with Crippen molar-refractivity contribution in [2.75, 3.05) is 0 Å². The summed E-state index contributed by atoms with van der Waals surface area (Å²) in [5, 5.41) is 18.9. The van der Waals surface area contributed by atoms with Crippen molar-refractivity contribution in [3.05, 3.63) is 59.3 Å². The van der Waals surface area contributed by atoms with Crippen molar-refractivity contribution in [1.29, 1.82) is 0 Å². The van der Waals surface area contributed by atoms with Gasteiger partial charge < -0.3 is 4.57 Å². The zero-order valence-electron chi connectivity index (χ0n) is 21.6. The van der Waals surface area contributed by atoms with Gasteiger partial charge in [0.1, 0.15) is 5.82 Å². The second-order valence-electron chi connectivity index (χ2n) is 10.2. The number of rotatable bonds is 10. The summed E-state index contributed by atoms with van der Waals surface area (Å²) < 4.78 is 32.7. The van der Waals surface area contributed by atoms with Crippen LogP contribution in [0, 0.1) is 0 Å². The standard InChI is InChI=1S/C26H34F2N8/c1-6-8-9-21-29-24(26(27,28)15-7-2)32-36(21)17-18-10-12-19(13-11-18)35-16-14-20(25(3,4)5)22(35)23-30-33-34-31-23/h10-14,16H,6-9,15,17H2,1-5H3,(H,30,31,33,34). The highest BCUT2D eigenvalue weighted by molar-refractivity contribution is 5.62. The van der Waals surface area contributed by atoms with Gasteiger partial charge in [-0.25, -0.2) is 9.67 Å². The van der Waals surface area contributed by atoms with Crippen LogP contribution in [0.3, 0.4) is 0 Å². The van der Waals surface area contributed by atoms with Crippen LogP contribution in [0.5, 0.6) is 0 Å². The largest absolute Gasteiger partial charge is 0.313 e. The Morgan fingerprint density at radius 1 is 1.00 bits per heavy atom. The van der Waals surface area contributed by atoms with E-state index < -0.39 is 5.92 Å². The Morgan fingerprint density at radius 3 is 2.36 bits per heavy atom. The van der Waals surface area contributed by atoms with E-state index in [0.717, 1.165) is 35.3 Å². The van der Waals surface area contributed by atoms with Crippen molar-refractivity contribution in [2.45, 2.75) is 84.6 Å². The molecule has 1 N–H and O–H groups in total. The zero-order chi connectivity index (χ0) is 25.9. The van der Waals surface area contributed by atoms with E-state index >= 15 is 0 Å². The van der Waals surface area contributed by atoms with Gasteiger partial charge >= 0.3 is 5.92 Å². The van der Waals surface area contributed by atoms with Crippen molar-refractivity contribution in [2.24, 2.45) is 0 Å². The summed E-state index contributed by atoms with van der Waals surface area (Å²) in [6.45, 7) is 10.6. The van der Waals surface area contributed by atoms with E-state index in [2.05, 4.69) is 64.5 Å². The van der Waals surface area contributed by atoms with Gasteiger partial charge in [-0.15, -0.1) is 15.3 Å². The van der Waals surface area contributed by atoms with Crippen LogP contribution in [0.1, 0.15) is 83.1 Å². The fourth-order valence-corrected chi connectivity index (χ4v) is 4.28. The fourth-order valence-electron chi connectivity index (χ4n) is 4.28. The van der Waals surface area contributed by atoms with Gasteiger partial charge in [0.15, 0.2) is 0 Å². The van der Waals surface area contributed by atoms with Crippen molar-refractivity contribution in [3.8, 4) is 17.2 Å². The maximum Gasteiger partial charge on any atom is 0.308 e. The predicted molar refractivity (Wildman–Crippen MR) is 134 cm³/mol. The quantitative estimate of drug-likeness (QED) is 0.298. The van der Waals surface area contributed by atoms with Crippen LogP contribution in [0.25, 0.3) is 17.2 Å². The number of hydrogen-bond donors (Lipinski definition) is 1. The van der Waals surface area contributed by atoms with Gasteiger partial charge in [0.25, 0.3) is 0 Å². The van der Waals surface area contributed by atoms with Gasteiger partial charge in [-0.3, -0.25) is 0 Å². The predicted octanol–water partition coefficient (Wildman–Crippen LogP) is 5.83.